The fourth-order valence-corrected chi connectivity index (χ4v) is 4.01. The molecule has 7 nitrogen and oxygen atoms in total. The molecule has 3 rings (SSSR count). The number of aromatic nitrogens is 1. The molecule has 164 valence electrons. The zero-order valence-electron chi connectivity index (χ0n) is 16.6. The minimum atomic E-state index is -1.85. The highest BCUT2D eigenvalue weighted by Gasteiger charge is 2.22. The molecule has 2 N–H and O–H groups in total. The summed E-state index contributed by atoms with van der Waals surface area (Å²) in [5, 5.41) is 21.8. The second kappa shape index (κ2) is 10.8. The summed E-state index contributed by atoms with van der Waals surface area (Å²) >= 11 is 13.3. The molecule has 0 aliphatic carbocycles. The molecule has 32 heavy (non-hydrogen) atoms. The summed E-state index contributed by atoms with van der Waals surface area (Å²) in [4.78, 5) is 30.2. The molecular formula is C21H17BCl2N2O5S. The maximum atomic E-state index is 12.9. The van der Waals surface area contributed by atoms with E-state index in [9.17, 15) is 19.6 Å². The molecule has 0 saturated carbocycles. The van der Waals surface area contributed by atoms with Crippen LogP contribution in [0.3, 0.4) is 0 Å². The molecule has 11 heteroatoms. The third-order valence-electron chi connectivity index (χ3n) is 4.40. The van der Waals surface area contributed by atoms with E-state index in [1.165, 1.54) is 34.4 Å². The smallest absolute Gasteiger partial charge is 0.483 e. The van der Waals surface area contributed by atoms with Crippen molar-refractivity contribution in [2.75, 3.05) is 18.1 Å². The van der Waals surface area contributed by atoms with Crippen molar-refractivity contribution < 1.29 is 24.4 Å². The molecule has 0 saturated heterocycles. The van der Waals surface area contributed by atoms with Gasteiger partial charge in [-0.3, -0.25) is 14.5 Å². The predicted molar refractivity (Wildman–Crippen MR) is 127 cm³/mol. The molecule has 0 aliphatic rings. The second-order valence-electron chi connectivity index (χ2n) is 6.48. The fraction of sp³-hybridized carbons (Fsp3) is 0.0952. The van der Waals surface area contributed by atoms with Crippen molar-refractivity contribution in [3.8, 4) is 17.0 Å². The molecule has 0 bridgehead atoms. The van der Waals surface area contributed by atoms with E-state index in [-0.39, 0.29) is 23.3 Å². The Labute approximate surface area is 198 Å². The average molecular weight is 491 g/mol. The lowest BCUT2D eigenvalue weighted by molar-refractivity contribution is -0.120. The molecule has 0 spiro atoms. The average Bonchev–Trinajstić information content (AvgIpc) is 3.27. The molecule has 1 aromatic heterocycles. The van der Waals surface area contributed by atoms with Crippen LogP contribution in [0.2, 0.25) is 10.0 Å². The van der Waals surface area contributed by atoms with E-state index in [2.05, 4.69) is 11.6 Å². The van der Waals surface area contributed by atoms with Crippen LogP contribution in [0.4, 0.5) is 5.13 Å². The van der Waals surface area contributed by atoms with Gasteiger partial charge in [-0.25, -0.2) is 4.98 Å². The molecule has 1 heterocycles. The summed E-state index contributed by atoms with van der Waals surface area (Å²) in [5.41, 5.74) is 1.32. The SMILES string of the molecule is C=CCN(C(=O)COc1cccc(B(O)O)c1C=O)c1nc(-c2ccc(Cl)c(Cl)c2)cs1. The van der Waals surface area contributed by atoms with E-state index in [1.54, 1.807) is 29.7 Å². The molecule has 3 aromatic rings. The van der Waals surface area contributed by atoms with Crippen molar-refractivity contribution >= 4 is 64.4 Å². The van der Waals surface area contributed by atoms with Gasteiger partial charge in [0.05, 0.1) is 21.3 Å². The number of carbonyl (C=O) groups is 2. The summed E-state index contributed by atoms with van der Waals surface area (Å²) in [5.74, 6) is -0.361. The first-order valence-electron chi connectivity index (χ1n) is 9.25. The van der Waals surface area contributed by atoms with Gasteiger partial charge in [0, 0.05) is 17.5 Å². The second-order valence-corrected chi connectivity index (χ2v) is 8.13. The first-order valence-corrected chi connectivity index (χ1v) is 10.9. The quantitative estimate of drug-likeness (QED) is 0.271. The molecule has 0 aliphatic heterocycles. The normalized spacial score (nSPS) is 10.5. The standard InChI is InChI=1S/C21H17BCl2N2O5S/c1-2-8-26(21-25-18(12-32-21)13-6-7-16(23)17(24)9-13)20(28)11-31-19-5-3-4-15(22(29)30)14(19)10-27/h2-7,9-10,12,29-30H,1,8,11H2. The zero-order valence-corrected chi connectivity index (χ0v) is 18.9. The van der Waals surface area contributed by atoms with Crippen LogP contribution >= 0.6 is 34.5 Å². The number of anilines is 1. The molecule has 2 aromatic carbocycles. The Balaban J connectivity index is 1.79. The van der Waals surface area contributed by atoms with E-state index in [0.29, 0.717) is 27.2 Å². The number of carbonyl (C=O) groups excluding carboxylic acids is 2. The van der Waals surface area contributed by atoms with Crippen LogP contribution in [0.15, 0.2) is 54.4 Å². The largest absolute Gasteiger partial charge is 0.489 e. The highest BCUT2D eigenvalue weighted by atomic mass is 35.5. The number of ether oxygens (including phenoxy) is 1. The monoisotopic (exact) mass is 490 g/mol. The number of aldehydes is 1. The topological polar surface area (TPSA) is 100.0 Å². The number of benzene rings is 2. The van der Waals surface area contributed by atoms with Gasteiger partial charge in [-0.05, 0) is 23.7 Å². The number of thiazole rings is 1. The lowest BCUT2D eigenvalue weighted by atomic mass is 9.77. The molecule has 0 radical (unpaired) electrons. The molecular weight excluding hydrogens is 474 g/mol. The van der Waals surface area contributed by atoms with Crippen LogP contribution in [0, 0.1) is 0 Å². The minimum absolute atomic E-state index is 0.0147. The van der Waals surface area contributed by atoms with Crippen LogP contribution < -0.4 is 15.1 Å². The van der Waals surface area contributed by atoms with Crippen LogP contribution in [-0.2, 0) is 4.79 Å². The Morgan fingerprint density at radius 2 is 2.03 bits per heavy atom. The first-order chi connectivity index (χ1) is 15.3. The lowest BCUT2D eigenvalue weighted by Gasteiger charge is -2.19. The van der Waals surface area contributed by atoms with Gasteiger partial charge in [0.25, 0.3) is 5.91 Å². The fourth-order valence-electron chi connectivity index (χ4n) is 2.85. The zero-order chi connectivity index (χ0) is 23.3. The highest BCUT2D eigenvalue weighted by molar-refractivity contribution is 7.14. The van der Waals surface area contributed by atoms with Crippen molar-refractivity contribution in [3.63, 3.8) is 0 Å². The third-order valence-corrected chi connectivity index (χ3v) is 6.00. The molecule has 0 unspecified atom stereocenters. The van der Waals surface area contributed by atoms with Gasteiger partial charge >= 0.3 is 7.12 Å². The third kappa shape index (κ3) is 5.38. The van der Waals surface area contributed by atoms with Gasteiger partial charge in [0.1, 0.15) is 5.75 Å². The predicted octanol–water partition coefficient (Wildman–Crippen LogP) is 3.21. The van der Waals surface area contributed by atoms with Crippen LogP contribution in [-0.4, -0.2) is 47.5 Å². The maximum absolute atomic E-state index is 12.9. The van der Waals surface area contributed by atoms with Crippen molar-refractivity contribution in [1.82, 2.24) is 4.98 Å². The molecule has 1 amide bonds. The number of amides is 1. The number of hydrogen-bond donors (Lipinski definition) is 2. The first kappa shape index (κ1) is 24.0. The van der Waals surface area contributed by atoms with E-state index >= 15 is 0 Å². The van der Waals surface area contributed by atoms with Crippen molar-refractivity contribution in [1.29, 1.82) is 0 Å². The number of halogens is 2. The Bertz CT molecular complexity index is 1150. The van der Waals surface area contributed by atoms with Crippen LogP contribution in [0.5, 0.6) is 5.75 Å². The Morgan fingerprint density at radius 1 is 1.25 bits per heavy atom. The van der Waals surface area contributed by atoms with Crippen molar-refractivity contribution in [2.24, 2.45) is 0 Å². The van der Waals surface area contributed by atoms with E-state index < -0.39 is 19.6 Å². The number of hydrogen-bond acceptors (Lipinski definition) is 7. The summed E-state index contributed by atoms with van der Waals surface area (Å²) < 4.78 is 5.52. The van der Waals surface area contributed by atoms with Gasteiger partial charge in [-0.15, -0.1) is 17.9 Å². The highest BCUT2D eigenvalue weighted by Crippen LogP contribution is 2.31. The van der Waals surface area contributed by atoms with E-state index in [0.717, 1.165) is 5.56 Å². The Hall–Kier alpha value is -2.69. The Kier molecular flexibility index (Phi) is 8.06. The van der Waals surface area contributed by atoms with Crippen LogP contribution in [0.25, 0.3) is 11.3 Å². The summed E-state index contributed by atoms with van der Waals surface area (Å²) in [7, 11) is -1.85. The van der Waals surface area contributed by atoms with Gasteiger partial charge in [-0.1, -0.05) is 47.5 Å². The summed E-state index contributed by atoms with van der Waals surface area (Å²) in [6, 6.07) is 9.47. The van der Waals surface area contributed by atoms with Crippen molar-refractivity contribution in [2.45, 2.75) is 0 Å². The van der Waals surface area contributed by atoms with E-state index in [1.807, 2.05) is 0 Å². The summed E-state index contributed by atoms with van der Waals surface area (Å²) in [6.07, 6.45) is 2.00. The summed E-state index contributed by atoms with van der Waals surface area (Å²) in [6.45, 7) is 3.46. The van der Waals surface area contributed by atoms with Gasteiger partial charge in [-0.2, -0.15) is 0 Å². The van der Waals surface area contributed by atoms with Gasteiger partial charge < -0.3 is 14.8 Å². The number of nitrogens with zero attached hydrogens (tertiary/aromatic N) is 2. The maximum Gasteiger partial charge on any atom is 0.489 e. The lowest BCUT2D eigenvalue weighted by Crippen LogP contribution is -2.36. The van der Waals surface area contributed by atoms with Crippen molar-refractivity contribution in [3.05, 3.63) is 70.0 Å². The molecule has 0 fully saturated rings. The minimum Gasteiger partial charge on any atom is -0.483 e. The van der Waals surface area contributed by atoms with Crippen LogP contribution in [0.1, 0.15) is 10.4 Å². The van der Waals surface area contributed by atoms with Gasteiger partial charge in [0.15, 0.2) is 18.0 Å². The molecule has 0 atom stereocenters. The van der Waals surface area contributed by atoms with Gasteiger partial charge in [0.2, 0.25) is 0 Å². The number of rotatable bonds is 9. The Morgan fingerprint density at radius 3 is 2.69 bits per heavy atom. The van der Waals surface area contributed by atoms with E-state index in [4.69, 9.17) is 27.9 Å².